The fourth-order valence-corrected chi connectivity index (χ4v) is 1.53. The Hall–Kier alpha value is -2.17. The number of benzene rings is 1. The molecule has 1 fully saturated rings. The number of ether oxygens (including phenoxy) is 1. The largest absolute Gasteiger partial charge is 0.392 e. The van der Waals surface area contributed by atoms with Gasteiger partial charge in [0.25, 0.3) is 5.91 Å². The minimum atomic E-state index is -0.865. The molecule has 1 atom stereocenters. The number of rotatable bonds is 2. The molecule has 88 valence electrons. The van der Waals surface area contributed by atoms with Crippen LogP contribution < -0.4 is 5.32 Å². The highest BCUT2D eigenvalue weighted by Crippen LogP contribution is 2.09. The van der Waals surface area contributed by atoms with Gasteiger partial charge in [0.05, 0.1) is 6.42 Å². The summed E-state index contributed by atoms with van der Waals surface area (Å²) in [5.74, 6) is -1.69. The van der Waals surface area contributed by atoms with E-state index in [1.165, 1.54) is 0 Å². The van der Waals surface area contributed by atoms with Gasteiger partial charge < -0.3 is 10.1 Å². The fraction of sp³-hybridized carbons (Fsp3) is 0.250. The summed E-state index contributed by atoms with van der Waals surface area (Å²) in [6.45, 7) is 1.91. The molecule has 5 heteroatoms. The number of carbonyl (C=O) groups is 3. The normalized spacial score (nSPS) is 19.0. The van der Waals surface area contributed by atoms with E-state index in [-0.39, 0.29) is 12.3 Å². The minimum absolute atomic E-state index is 0.101. The quantitative estimate of drug-likeness (QED) is 0.598. The summed E-state index contributed by atoms with van der Waals surface area (Å²) in [6.07, 6.45) is -0.101. The number of aryl methyl sites for hydroxylation is 1. The number of amides is 1. The van der Waals surface area contributed by atoms with Crippen molar-refractivity contribution in [3.05, 3.63) is 35.4 Å². The Labute approximate surface area is 97.8 Å². The molecule has 0 spiro atoms. The molecule has 1 aromatic carbocycles. The second-order valence-electron chi connectivity index (χ2n) is 3.89. The van der Waals surface area contributed by atoms with Crippen molar-refractivity contribution in [1.29, 1.82) is 0 Å². The number of carbonyl (C=O) groups excluding carboxylic acids is 3. The molecule has 1 heterocycles. The Morgan fingerprint density at radius 3 is 2.47 bits per heavy atom. The summed E-state index contributed by atoms with van der Waals surface area (Å²) in [5, 5.41) is 2.46. The van der Waals surface area contributed by atoms with Crippen LogP contribution in [0.5, 0.6) is 0 Å². The molecule has 1 N–H and O–H groups in total. The molecule has 0 unspecified atom stereocenters. The second kappa shape index (κ2) is 4.37. The van der Waals surface area contributed by atoms with E-state index in [4.69, 9.17) is 0 Å². The Bertz CT molecular complexity index is 478. The first-order valence-corrected chi connectivity index (χ1v) is 5.18. The zero-order valence-corrected chi connectivity index (χ0v) is 9.23. The van der Waals surface area contributed by atoms with Crippen molar-refractivity contribution in [2.45, 2.75) is 19.4 Å². The molecular weight excluding hydrogens is 222 g/mol. The van der Waals surface area contributed by atoms with Gasteiger partial charge in [-0.1, -0.05) is 17.7 Å². The molecule has 1 saturated heterocycles. The predicted molar refractivity (Wildman–Crippen MR) is 58.1 cm³/mol. The molecule has 0 radical (unpaired) electrons. The first-order chi connectivity index (χ1) is 8.06. The molecule has 0 saturated carbocycles. The van der Waals surface area contributed by atoms with Gasteiger partial charge in [-0.25, -0.2) is 4.79 Å². The Kier molecular flexibility index (Phi) is 2.91. The molecular formula is C12H11NO4. The molecule has 0 bridgehead atoms. The number of hydrogen-bond acceptors (Lipinski definition) is 4. The zero-order valence-electron chi connectivity index (χ0n) is 9.23. The van der Waals surface area contributed by atoms with E-state index in [1.807, 2.05) is 6.92 Å². The lowest BCUT2D eigenvalue weighted by molar-refractivity contribution is -0.152. The van der Waals surface area contributed by atoms with E-state index in [9.17, 15) is 14.4 Å². The van der Waals surface area contributed by atoms with Crippen molar-refractivity contribution in [2.75, 3.05) is 0 Å². The first-order valence-electron chi connectivity index (χ1n) is 5.18. The number of cyclic esters (lactones) is 2. The Balaban J connectivity index is 2.04. The molecule has 0 aliphatic carbocycles. The second-order valence-corrected chi connectivity index (χ2v) is 3.89. The molecule has 1 aliphatic heterocycles. The maximum absolute atomic E-state index is 11.7. The highest BCUT2D eigenvalue weighted by Gasteiger charge is 2.34. The summed E-state index contributed by atoms with van der Waals surface area (Å²) >= 11 is 0. The van der Waals surface area contributed by atoms with Crippen LogP contribution in [0.1, 0.15) is 22.3 Å². The van der Waals surface area contributed by atoms with Gasteiger partial charge >= 0.3 is 11.9 Å². The van der Waals surface area contributed by atoms with Crippen LogP contribution in [0.4, 0.5) is 0 Å². The number of esters is 2. The van der Waals surface area contributed by atoms with E-state index < -0.39 is 18.0 Å². The summed E-state index contributed by atoms with van der Waals surface area (Å²) < 4.78 is 4.34. The van der Waals surface area contributed by atoms with Gasteiger partial charge in [-0.05, 0) is 19.1 Å². The summed E-state index contributed by atoms with van der Waals surface area (Å²) in [5.41, 5.74) is 1.49. The maximum atomic E-state index is 11.7. The predicted octanol–water partition coefficient (Wildman–Crippen LogP) is 0.567. The van der Waals surface area contributed by atoms with Gasteiger partial charge in [-0.15, -0.1) is 0 Å². The topological polar surface area (TPSA) is 72.5 Å². The van der Waals surface area contributed by atoms with Crippen molar-refractivity contribution >= 4 is 17.8 Å². The van der Waals surface area contributed by atoms with Gasteiger partial charge in [0.1, 0.15) is 6.04 Å². The lowest BCUT2D eigenvalue weighted by atomic mass is 10.1. The molecule has 2 rings (SSSR count). The van der Waals surface area contributed by atoms with E-state index in [2.05, 4.69) is 10.1 Å². The molecule has 1 aromatic rings. The van der Waals surface area contributed by atoms with Crippen molar-refractivity contribution in [1.82, 2.24) is 5.32 Å². The van der Waals surface area contributed by atoms with E-state index in [0.29, 0.717) is 5.56 Å². The van der Waals surface area contributed by atoms with Crippen LogP contribution in [0.3, 0.4) is 0 Å². The van der Waals surface area contributed by atoms with Crippen LogP contribution in [0.2, 0.25) is 0 Å². The van der Waals surface area contributed by atoms with Gasteiger partial charge in [0, 0.05) is 5.56 Å². The van der Waals surface area contributed by atoms with Crippen LogP contribution >= 0.6 is 0 Å². The average Bonchev–Trinajstić information content (AvgIpc) is 2.58. The molecule has 5 nitrogen and oxygen atoms in total. The van der Waals surface area contributed by atoms with Crippen molar-refractivity contribution in [2.24, 2.45) is 0 Å². The van der Waals surface area contributed by atoms with Gasteiger partial charge in [0.15, 0.2) is 0 Å². The third kappa shape index (κ3) is 2.50. The Morgan fingerprint density at radius 2 is 1.94 bits per heavy atom. The smallest absolute Gasteiger partial charge is 0.336 e. The zero-order chi connectivity index (χ0) is 12.4. The van der Waals surface area contributed by atoms with Crippen LogP contribution in [-0.2, 0) is 14.3 Å². The van der Waals surface area contributed by atoms with Crippen LogP contribution in [0, 0.1) is 6.92 Å². The summed E-state index contributed by atoms with van der Waals surface area (Å²) in [4.78, 5) is 33.7. The number of hydrogen-bond donors (Lipinski definition) is 1. The van der Waals surface area contributed by atoms with Crippen LogP contribution in [0.25, 0.3) is 0 Å². The van der Waals surface area contributed by atoms with E-state index >= 15 is 0 Å². The third-order valence-electron chi connectivity index (χ3n) is 2.49. The lowest BCUT2D eigenvalue weighted by Gasteiger charge is -2.07. The SMILES string of the molecule is Cc1ccc(C(=O)N[C@@H]2CC(=O)OC2=O)cc1. The van der Waals surface area contributed by atoms with Crippen LogP contribution in [-0.4, -0.2) is 23.9 Å². The Morgan fingerprint density at radius 1 is 1.29 bits per heavy atom. The summed E-state index contributed by atoms with van der Waals surface area (Å²) in [7, 11) is 0. The molecule has 1 amide bonds. The monoisotopic (exact) mass is 233 g/mol. The van der Waals surface area contributed by atoms with Crippen molar-refractivity contribution < 1.29 is 19.1 Å². The fourth-order valence-electron chi connectivity index (χ4n) is 1.53. The third-order valence-corrected chi connectivity index (χ3v) is 2.49. The molecule has 1 aliphatic rings. The highest BCUT2D eigenvalue weighted by molar-refractivity contribution is 6.02. The first kappa shape index (κ1) is 11.3. The van der Waals surface area contributed by atoms with Gasteiger partial charge in [-0.3, -0.25) is 9.59 Å². The lowest BCUT2D eigenvalue weighted by Crippen LogP contribution is -2.37. The number of nitrogens with one attached hydrogen (secondary N) is 1. The summed E-state index contributed by atoms with van der Waals surface area (Å²) in [6, 6.07) is 6.05. The highest BCUT2D eigenvalue weighted by atomic mass is 16.6. The van der Waals surface area contributed by atoms with E-state index in [0.717, 1.165) is 5.56 Å². The van der Waals surface area contributed by atoms with Gasteiger partial charge in [-0.2, -0.15) is 0 Å². The molecule has 17 heavy (non-hydrogen) atoms. The van der Waals surface area contributed by atoms with Gasteiger partial charge in [0.2, 0.25) is 0 Å². The maximum Gasteiger partial charge on any atom is 0.336 e. The molecule has 0 aromatic heterocycles. The average molecular weight is 233 g/mol. The van der Waals surface area contributed by atoms with Crippen molar-refractivity contribution in [3.63, 3.8) is 0 Å². The van der Waals surface area contributed by atoms with E-state index in [1.54, 1.807) is 24.3 Å². The van der Waals surface area contributed by atoms with Crippen molar-refractivity contribution in [3.8, 4) is 0 Å². The minimum Gasteiger partial charge on any atom is -0.392 e. The standard InChI is InChI=1S/C12H11NO4/c1-7-2-4-8(5-3-7)11(15)13-9-6-10(14)17-12(9)16/h2-5,9H,6H2,1H3,(H,13,15)/t9-/m1/s1. The van der Waals surface area contributed by atoms with Crippen LogP contribution in [0.15, 0.2) is 24.3 Å².